The number of piperidine rings is 1. The van der Waals surface area contributed by atoms with E-state index < -0.39 is 12.0 Å². The van der Waals surface area contributed by atoms with E-state index >= 15 is 0 Å². The number of likely N-dealkylation sites (tertiary alicyclic amines) is 1. The van der Waals surface area contributed by atoms with Crippen LogP contribution in [0.3, 0.4) is 0 Å². The molecule has 0 aliphatic carbocycles. The third kappa shape index (κ3) is 2.10. The number of carbonyl (C=O) groups is 2. The van der Waals surface area contributed by atoms with Crippen LogP contribution in [0.2, 0.25) is 0 Å². The summed E-state index contributed by atoms with van der Waals surface area (Å²) < 4.78 is 4.91. The van der Waals surface area contributed by atoms with Gasteiger partial charge in [0.2, 0.25) is 5.76 Å². The van der Waals surface area contributed by atoms with Crippen molar-refractivity contribution in [1.82, 2.24) is 10.1 Å². The van der Waals surface area contributed by atoms with E-state index in [1.54, 1.807) is 6.92 Å². The summed E-state index contributed by atoms with van der Waals surface area (Å²) in [6, 6.07) is -0.782. The fraction of sp³-hybridized carbons (Fsp3) is 0.583. The van der Waals surface area contributed by atoms with Crippen LogP contribution >= 0.6 is 0 Å². The number of hydrogen-bond donors (Lipinski definition) is 1. The second kappa shape index (κ2) is 4.80. The summed E-state index contributed by atoms with van der Waals surface area (Å²) in [5.41, 5.74) is 0.627. The maximum Gasteiger partial charge on any atom is 0.326 e. The molecule has 1 aliphatic heterocycles. The van der Waals surface area contributed by atoms with Gasteiger partial charge in [0.05, 0.1) is 6.20 Å². The lowest BCUT2D eigenvalue weighted by Crippen LogP contribution is -2.52. The molecule has 1 aromatic rings. The Kier molecular flexibility index (Phi) is 3.36. The number of amides is 1. The molecule has 1 aliphatic rings. The van der Waals surface area contributed by atoms with Gasteiger partial charge in [-0.15, -0.1) is 0 Å². The summed E-state index contributed by atoms with van der Waals surface area (Å²) in [4.78, 5) is 24.9. The van der Waals surface area contributed by atoms with Crippen LogP contribution in [-0.2, 0) is 4.79 Å². The van der Waals surface area contributed by atoms with Gasteiger partial charge >= 0.3 is 5.97 Å². The molecule has 0 radical (unpaired) electrons. The van der Waals surface area contributed by atoms with Crippen LogP contribution in [-0.4, -0.2) is 39.6 Å². The first-order valence-corrected chi connectivity index (χ1v) is 5.97. The largest absolute Gasteiger partial charge is 0.480 e. The van der Waals surface area contributed by atoms with E-state index in [1.807, 2.05) is 6.92 Å². The summed E-state index contributed by atoms with van der Waals surface area (Å²) >= 11 is 0. The molecule has 18 heavy (non-hydrogen) atoms. The van der Waals surface area contributed by atoms with Gasteiger partial charge in [0.25, 0.3) is 5.91 Å². The molecular formula is C12H16N2O4. The monoisotopic (exact) mass is 252 g/mol. The van der Waals surface area contributed by atoms with Crippen molar-refractivity contribution in [1.29, 1.82) is 0 Å². The van der Waals surface area contributed by atoms with E-state index in [1.165, 1.54) is 11.1 Å². The van der Waals surface area contributed by atoms with Crippen molar-refractivity contribution in [2.75, 3.05) is 6.54 Å². The summed E-state index contributed by atoms with van der Waals surface area (Å²) in [5.74, 6) is -1.27. The Morgan fingerprint density at radius 2 is 2.28 bits per heavy atom. The van der Waals surface area contributed by atoms with Crippen molar-refractivity contribution < 1.29 is 19.2 Å². The number of rotatable bonds is 2. The van der Waals surface area contributed by atoms with Crippen molar-refractivity contribution in [3.05, 3.63) is 17.5 Å². The number of nitrogens with zero attached hydrogens (tertiary/aromatic N) is 2. The van der Waals surface area contributed by atoms with Crippen molar-refractivity contribution >= 4 is 11.9 Å². The molecule has 0 saturated carbocycles. The molecule has 2 unspecified atom stereocenters. The summed E-state index contributed by atoms with van der Waals surface area (Å²) in [7, 11) is 0. The summed E-state index contributed by atoms with van der Waals surface area (Å²) in [6.07, 6.45) is 3.08. The highest BCUT2D eigenvalue weighted by Crippen LogP contribution is 2.25. The van der Waals surface area contributed by atoms with Crippen LogP contribution in [0.5, 0.6) is 0 Å². The average Bonchev–Trinajstić information content (AvgIpc) is 2.73. The Bertz CT molecular complexity index is 468. The highest BCUT2D eigenvalue weighted by molar-refractivity contribution is 5.95. The zero-order valence-electron chi connectivity index (χ0n) is 10.4. The lowest BCUT2D eigenvalue weighted by Gasteiger charge is -2.36. The van der Waals surface area contributed by atoms with Crippen molar-refractivity contribution in [3.63, 3.8) is 0 Å². The van der Waals surface area contributed by atoms with E-state index in [2.05, 4.69) is 5.16 Å². The van der Waals surface area contributed by atoms with Gasteiger partial charge in [0.1, 0.15) is 6.04 Å². The Labute approximate surface area is 105 Å². The standard InChI is InChI=1S/C12H16N2O4/c1-7-4-3-5-14(9(7)12(16)17)11(15)10-8(2)6-13-18-10/h6-7,9H,3-5H2,1-2H3,(H,16,17). The molecule has 0 spiro atoms. The zero-order valence-corrected chi connectivity index (χ0v) is 10.4. The predicted molar refractivity (Wildman–Crippen MR) is 62.1 cm³/mol. The first-order valence-electron chi connectivity index (χ1n) is 5.97. The van der Waals surface area contributed by atoms with Crippen molar-refractivity contribution in [2.45, 2.75) is 32.7 Å². The van der Waals surface area contributed by atoms with Crippen LogP contribution in [0.15, 0.2) is 10.7 Å². The Balaban J connectivity index is 2.28. The van der Waals surface area contributed by atoms with E-state index in [4.69, 9.17) is 4.52 Å². The van der Waals surface area contributed by atoms with Crippen LogP contribution in [0, 0.1) is 12.8 Å². The van der Waals surface area contributed by atoms with E-state index in [0.717, 1.165) is 12.8 Å². The molecule has 1 saturated heterocycles. The Morgan fingerprint density at radius 1 is 1.56 bits per heavy atom. The van der Waals surface area contributed by atoms with Gasteiger partial charge in [-0.05, 0) is 25.7 Å². The minimum absolute atomic E-state index is 0.0524. The third-order valence-corrected chi connectivity index (χ3v) is 3.39. The molecule has 2 heterocycles. The average molecular weight is 252 g/mol. The maximum absolute atomic E-state index is 12.3. The quantitative estimate of drug-likeness (QED) is 0.857. The van der Waals surface area contributed by atoms with Crippen molar-refractivity contribution in [2.24, 2.45) is 5.92 Å². The van der Waals surface area contributed by atoms with Gasteiger partial charge in [-0.3, -0.25) is 4.79 Å². The molecule has 1 amide bonds. The van der Waals surface area contributed by atoms with Gasteiger partial charge in [-0.1, -0.05) is 12.1 Å². The van der Waals surface area contributed by atoms with E-state index in [9.17, 15) is 14.7 Å². The number of carbonyl (C=O) groups excluding carboxylic acids is 1. The number of carboxylic acids is 1. The third-order valence-electron chi connectivity index (χ3n) is 3.39. The number of aromatic nitrogens is 1. The SMILES string of the molecule is Cc1cnoc1C(=O)N1CCCC(C)C1C(=O)O. The van der Waals surface area contributed by atoms with Gasteiger partial charge in [-0.25, -0.2) is 4.79 Å². The Morgan fingerprint density at radius 3 is 2.83 bits per heavy atom. The molecular weight excluding hydrogens is 236 g/mol. The van der Waals surface area contributed by atoms with Crippen LogP contribution in [0.25, 0.3) is 0 Å². The first-order chi connectivity index (χ1) is 8.52. The molecule has 0 aromatic carbocycles. The van der Waals surface area contributed by atoms with Crippen LogP contribution in [0.1, 0.15) is 35.9 Å². The van der Waals surface area contributed by atoms with Gasteiger partial charge in [0, 0.05) is 12.1 Å². The van der Waals surface area contributed by atoms with E-state index in [-0.39, 0.29) is 17.6 Å². The summed E-state index contributed by atoms with van der Waals surface area (Å²) in [6.45, 7) is 4.01. The number of aliphatic carboxylic acids is 1. The lowest BCUT2D eigenvalue weighted by molar-refractivity contribution is -0.145. The molecule has 0 bridgehead atoms. The smallest absolute Gasteiger partial charge is 0.326 e. The van der Waals surface area contributed by atoms with Gasteiger partial charge in [0.15, 0.2) is 0 Å². The fourth-order valence-electron chi connectivity index (χ4n) is 2.42. The second-order valence-corrected chi connectivity index (χ2v) is 4.74. The molecule has 1 aromatic heterocycles. The molecule has 98 valence electrons. The molecule has 6 heteroatoms. The molecule has 1 N–H and O–H groups in total. The maximum atomic E-state index is 12.3. The minimum Gasteiger partial charge on any atom is -0.480 e. The van der Waals surface area contributed by atoms with E-state index in [0.29, 0.717) is 12.1 Å². The van der Waals surface area contributed by atoms with Crippen LogP contribution < -0.4 is 0 Å². The highest BCUT2D eigenvalue weighted by atomic mass is 16.5. The normalized spacial score (nSPS) is 24.0. The number of hydrogen-bond acceptors (Lipinski definition) is 4. The topological polar surface area (TPSA) is 83.6 Å². The van der Waals surface area contributed by atoms with Crippen molar-refractivity contribution in [3.8, 4) is 0 Å². The Hall–Kier alpha value is -1.85. The molecule has 2 atom stereocenters. The number of aryl methyl sites for hydroxylation is 1. The highest BCUT2D eigenvalue weighted by Gasteiger charge is 2.38. The zero-order chi connectivity index (χ0) is 13.3. The first kappa shape index (κ1) is 12.6. The molecule has 6 nitrogen and oxygen atoms in total. The summed E-state index contributed by atoms with van der Waals surface area (Å²) in [5, 5.41) is 12.8. The minimum atomic E-state index is -0.965. The fourth-order valence-corrected chi connectivity index (χ4v) is 2.42. The lowest BCUT2D eigenvalue weighted by atomic mass is 9.90. The van der Waals surface area contributed by atoms with Gasteiger partial charge < -0.3 is 14.5 Å². The van der Waals surface area contributed by atoms with Crippen LogP contribution in [0.4, 0.5) is 0 Å². The second-order valence-electron chi connectivity index (χ2n) is 4.74. The number of carboxylic acid groups (broad SMARTS) is 1. The molecule has 2 rings (SSSR count). The molecule has 1 fully saturated rings. The van der Waals surface area contributed by atoms with Gasteiger partial charge in [-0.2, -0.15) is 0 Å². The predicted octanol–water partition coefficient (Wildman–Crippen LogP) is 1.31.